The number of rotatable bonds is 6. The Morgan fingerprint density at radius 2 is 1.91 bits per heavy atom. The van der Waals surface area contributed by atoms with Gasteiger partial charge in [0, 0.05) is 61.1 Å². The number of anilines is 1. The molecule has 4 heterocycles. The largest absolute Gasteiger partial charge is 0.389 e. The lowest BCUT2D eigenvalue weighted by molar-refractivity contribution is -0.0534. The van der Waals surface area contributed by atoms with E-state index < -0.39 is 11.7 Å². The Morgan fingerprint density at radius 1 is 1.06 bits per heavy atom. The average Bonchev–Trinajstić information content (AvgIpc) is 2.90. The van der Waals surface area contributed by atoms with Crippen molar-refractivity contribution in [1.29, 1.82) is 0 Å². The van der Waals surface area contributed by atoms with E-state index in [1.165, 1.54) is 23.2 Å². The van der Waals surface area contributed by atoms with Crippen LogP contribution in [0.5, 0.6) is 0 Å². The smallest absolute Gasteiger partial charge is 0.0935 e. The summed E-state index contributed by atoms with van der Waals surface area (Å²) in [6.45, 7) is 4.55. The molecule has 1 saturated heterocycles. The van der Waals surface area contributed by atoms with Gasteiger partial charge in [-0.15, -0.1) is 0 Å². The Hall–Kier alpha value is -2.51. The molecular weight excluding hydrogens is 438 g/mol. The summed E-state index contributed by atoms with van der Waals surface area (Å²) in [4.78, 5) is 9.28. The van der Waals surface area contributed by atoms with Gasteiger partial charge in [0.15, 0.2) is 0 Å². The maximum atomic E-state index is 11.3. The lowest BCUT2D eigenvalue weighted by atomic mass is 9.84. The normalized spacial score (nSPS) is 22.7. The number of pyridine rings is 1. The van der Waals surface area contributed by atoms with E-state index in [1.807, 2.05) is 30.5 Å². The lowest BCUT2D eigenvalue weighted by Gasteiger charge is -2.40. The van der Waals surface area contributed by atoms with Crippen molar-refractivity contribution in [3.63, 3.8) is 0 Å². The Bertz CT molecular complexity index is 1190. The van der Waals surface area contributed by atoms with E-state index in [-0.39, 0.29) is 6.10 Å². The zero-order valence-corrected chi connectivity index (χ0v) is 20.3. The Balaban J connectivity index is 1.03. The van der Waals surface area contributed by atoms with E-state index in [0.717, 1.165) is 55.5 Å². The van der Waals surface area contributed by atoms with Gasteiger partial charge in [-0.2, -0.15) is 0 Å². The van der Waals surface area contributed by atoms with Crippen molar-refractivity contribution >= 4 is 16.6 Å². The Morgan fingerprint density at radius 3 is 2.80 bits per heavy atom. The molecular formula is C29H35N3O3. The summed E-state index contributed by atoms with van der Waals surface area (Å²) in [7, 11) is 0. The van der Waals surface area contributed by atoms with Gasteiger partial charge in [0.05, 0.1) is 29.9 Å². The summed E-state index contributed by atoms with van der Waals surface area (Å²) in [6, 6.07) is 16.7. The highest BCUT2D eigenvalue weighted by Gasteiger charge is 2.35. The number of likely N-dealkylation sites (tertiary alicyclic amines) is 1. The molecule has 6 rings (SSSR count). The number of benzene rings is 2. The number of aliphatic hydroxyl groups is 2. The summed E-state index contributed by atoms with van der Waals surface area (Å²) < 4.78 is 6.27. The van der Waals surface area contributed by atoms with Crippen LogP contribution in [0, 0.1) is 0 Å². The summed E-state index contributed by atoms with van der Waals surface area (Å²) in [5, 5.41) is 23.1. The van der Waals surface area contributed by atoms with Crippen LogP contribution in [-0.4, -0.2) is 65.5 Å². The van der Waals surface area contributed by atoms with Crippen molar-refractivity contribution in [3.05, 3.63) is 71.4 Å². The molecule has 3 aromatic rings. The van der Waals surface area contributed by atoms with Gasteiger partial charge >= 0.3 is 0 Å². The third kappa shape index (κ3) is 4.56. The number of para-hydroxylation sites is 2. The van der Waals surface area contributed by atoms with Crippen LogP contribution in [-0.2, 0) is 16.8 Å². The molecule has 2 atom stereocenters. The van der Waals surface area contributed by atoms with E-state index in [2.05, 4.69) is 39.0 Å². The monoisotopic (exact) mass is 473 g/mol. The first-order valence-electron chi connectivity index (χ1n) is 13.1. The van der Waals surface area contributed by atoms with Gasteiger partial charge in [0.2, 0.25) is 0 Å². The standard InChI is InChI=1S/C29H35N3O3/c33-24(20-35-27-10-14-32-13-4-7-21-6-3-8-25(27)28(21)32)19-31-15-11-29(34,12-16-31)23-17-22-5-1-2-9-26(22)30-18-23/h1-3,5-6,8-9,17-18,24,27,33-34H,4,7,10-16,19-20H2/t24-,27?/m0/s1. The molecule has 0 bridgehead atoms. The van der Waals surface area contributed by atoms with Crippen LogP contribution in [0.15, 0.2) is 54.7 Å². The molecule has 0 radical (unpaired) electrons. The topological polar surface area (TPSA) is 69.1 Å². The van der Waals surface area contributed by atoms with Crippen LogP contribution in [0.3, 0.4) is 0 Å². The van der Waals surface area contributed by atoms with Crippen LogP contribution in [0.25, 0.3) is 10.9 Å². The minimum Gasteiger partial charge on any atom is -0.389 e. The number of ether oxygens (including phenoxy) is 1. The second-order valence-corrected chi connectivity index (χ2v) is 10.5. The molecule has 6 nitrogen and oxygen atoms in total. The van der Waals surface area contributed by atoms with Crippen molar-refractivity contribution in [1.82, 2.24) is 9.88 Å². The molecule has 35 heavy (non-hydrogen) atoms. The zero-order valence-electron chi connectivity index (χ0n) is 20.3. The maximum absolute atomic E-state index is 11.3. The fraction of sp³-hybridized carbons (Fsp3) is 0.483. The highest BCUT2D eigenvalue weighted by Crippen LogP contribution is 2.41. The molecule has 3 aliphatic heterocycles. The summed E-state index contributed by atoms with van der Waals surface area (Å²) >= 11 is 0. The summed E-state index contributed by atoms with van der Waals surface area (Å²) in [5.41, 5.74) is 5.06. The zero-order chi connectivity index (χ0) is 23.8. The fourth-order valence-corrected chi connectivity index (χ4v) is 6.15. The third-order valence-electron chi connectivity index (χ3n) is 8.12. The van der Waals surface area contributed by atoms with Crippen LogP contribution in [0.4, 0.5) is 5.69 Å². The van der Waals surface area contributed by atoms with Crippen LogP contribution in [0.2, 0.25) is 0 Å². The van der Waals surface area contributed by atoms with Gasteiger partial charge in [-0.1, -0.05) is 36.4 Å². The molecule has 184 valence electrons. The number of fused-ring (bicyclic) bond motifs is 1. The van der Waals surface area contributed by atoms with Crippen molar-refractivity contribution in [2.24, 2.45) is 0 Å². The van der Waals surface area contributed by atoms with E-state index >= 15 is 0 Å². The van der Waals surface area contributed by atoms with Crippen LogP contribution < -0.4 is 4.90 Å². The number of hydrogen-bond donors (Lipinski definition) is 2. The first-order chi connectivity index (χ1) is 17.1. The summed E-state index contributed by atoms with van der Waals surface area (Å²) in [6.07, 6.45) is 5.94. The van der Waals surface area contributed by atoms with E-state index in [9.17, 15) is 10.2 Å². The molecule has 0 spiro atoms. The highest BCUT2D eigenvalue weighted by molar-refractivity contribution is 5.79. The summed E-state index contributed by atoms with van der Waals surface area (Å²) in [5.74, 6) is 0. The molecule has 1 fully saturated rings. The molecule has 0 aliphatic carbocycles. The van der Waals surface area contributed by atoms with Crippen molar-refractivity contribution in [2.75, 3.05) is 44.2 Å². The number of aromatic nitrogens is 1. The average molecular weight is 474 g/mol. The van der Waals surface area contributed by atoms with E-state index in [0.29, 0.717) is 26.0 Å². The first-order valence-corrected chi connectivity index (χ1v) is 13.1. The predicted molar refractivity (Wildman–Crippen MR) is 138 cm³/mol. The SMILES string of the molecule is O[C@H](COC1CCN2CCCc3cccc1c32)CN1CCC(O)(c2cnc3ccccc3c2)CC1. The van der Waals surface area contributed by atoms with E-state index in [4.69, 9.17) is 4.74 Å². The quantitative estimate of drug-likeness (QED) is 0.568. The van der Waals surface area contributed by atoms with Gasteiger partial charge < -0.3 is 24.7 Å². The minimum absolute atomic E-state index is 0.0563. The van der Waals surface area contributed by atoms with Crippen molar-refractivity contribution < 1.29 is 14.9 Å². The Kier molecular flexibility index (Phi) is 6.23. The molecule has 2 N–H and O–H groups in total. The lowest BCUT2D eigenvalue weighted by Crippen LogP contribution is -2.46. The fourth-order valence-electron chi connectivity index (χ4n) is 6.15. The Labute approximate surface area is 207 Å². The number of piperidine rings is 1. The van der Waals surface area contributed by atoms with Crippen LogP contribution >= 0.6 is 0 Å². The van der Waals surface area contributed by atoms with Gasteiger partial charge in [-0.3, -0.25) is 4.98 Å². The second-order valence-electron chi connectivity index (χ2n) is 10.5. The minimum atomic E-state index is -0.866. The molecule has 1 aromatic heterocycles. The second kappa shape index (κ2) is 9.51. The maximum Gasteiger partial charge on any atom is 0.0935 e. The predicted octanol–water partition coefficient (Wildman–Crippen LogP) is 3.79. The van der Waals surface area contributed by atoms with Gasteiger partial charge in [-0.05, 0) is 49.8 Å². The highest BCUT2D eigenvalue weighted by atomic mass is 16.5. The molecule has 2 aromatic carbocycles. The van der Waals surface area contributed by atoms with Crippen LogP contribution in [0.1, 0.15) is 48.5 Å². The number of hydrogen-bond acceptors (Lipinski definition) is 6. The molecule has 1 unspecified atom stereocenters. The number of nitrogens with zero attached hydrogens (tertiary/aromatic N) is 3. The molecule has 0 saturated carbocycles. The van der Waals surface area contributed by atoms with Gasteiger partial charge in [0.25, 0.3) is 0 Å². The molecule has 3 aliphatic rings. The van der Waals surface area contributed by atoms with Crippen molar-refractivity contribution in [3.8, 4) is 0 Å². The van der Waals surface area contributed by atoms with Crippen molar-refractivity contribution in [2.45, 2.75) is 49.9 Å². The number of β-amino-alcohol motifs (C(OH)–C–C–N with tert-alkyl or cyclic N) is 1. The van der Waals surface area contributed by atoms with Gasteiger partial charge in [-0.25, -0.2) is 0 Å². The third-order valence-corrected chi connectivity index (χ3v) is 8.12. The molecule has 0 amide bonds. The molecule has 6 heteroatoms. The first kappa shape index (κ1) is 22.9. The number of aryl methyl sites for hydroxylation is 1. The van der Waals surface area contributed by atoms with Gasteiger partial charge in [0.1, 0.15) is 0 Å². The number of aliphatic hydroxyl groups excluding tert-OH is 1. The van der Waals surface area contributed by atoms with E-state index in [1.54, 1.807) is 0 Å².